The van der Waals surface area contributed by atoms with E-state index in [1.807, 2.05) is 13.8 Å². The molecule has 1 saturated carbocycles. The van der Waals surface area contributed by atoms with Crippen LogP contribution in [-0.2, 0) is 10.0 Å². The molecule has 3 N–H and O–H groups in total. The Kier molecular flexibility index (Phi) is 3.58. The Morgan fingerprint density at radius 2 is 1.95 bits per heavy atom. The first-order valence-corrected chi connectivity index (χ1v) is 8.09. The smallest absolute Gasteiger partial charge is 0.241 e. The van der Waals surface area contributed by atoms with Crippen LogP contribution in [0.5, 0.6) is 0 Å². The van der Waals surface area contributed by atoms with E-state index in [0.717, 1.165) is 12.8 Å². The van der Waals surface area contributed by atoms with Crippen molar-refractivity contribution in [1.29, 1.82) is 0 Å². The first-order valence-electron chi connectivity index (χ1n) is 6.23. The molecule has 0 amide bonds. The Morgan fingerprint density at radius 1 is 1.37 bits per heavy atom. The summed E-state index contributed by atoms with van der Waals surface area (Å²) in [4.78, 5) is 0.197. The normalized spacial score (nSPS) is 16.6. The lowest BCUT2D eigenvalue weighted by atomic mass is 10.0. The molecule has 1 aliphatic rings. The number of nitrogen functional groups attached to an aromatic ring is 1. The number of aryl methyl sites for hydroxylation is 1. The third-order valence-electron chi connectivity index (χ3n) is 3.58. The third kappa shape index (κ3) is 3.04. The van der Waals surface area contributed by atoms with E-state index in [-0.39, 0.29) is 10.6 Å². The summed E-state index contributed by atoms with van der Waals surface area (Å²) in [5.74, 6) is 0.409. The average Bonchev–Trinajstić information content (AvgIpc) is 3.05. The molecule has 1 aromatic rings. The molecule has 19 heavy (non-hydrogen) atoms. The van der Waals surface area contributed by atoms with Gasteiger partial charge in [-0.05, 0) is 57.2 Å². The molecule has 0 heterocycles. The van der Waals surface area contributed by atoms with Crippen molar-refractivity contribution < 1.29 is 8.42 Å². The summed E-state index contributed by atoms with van der Waals surface area (Å²) in [7, 11) is -3.58. The van der Waals surface area contributed by atoms with Gasteiger partial charge in [0.1, 0.15) is 0 Å². The number of benzene rings is 1. The summed E-state index contributed by atoms with van der Waals surface area (Å²) in [6.45, 7) is 5.54. The second-order valence-electron chi connectivity index (χ2n) is 5.74. The number of nitrogens with two attached hydrogens (primary N) is 1. The van der Waals surface area contributed by atoms with E-state index >= 15 is 0 Å². The van der Waals surface area contributed by atoms with E-state index in [0.29, 0.717) is 16.5 Å². The van der Waals surface area contributed by atoms with Crippen molar-refractivity contribution in [1.82, 2.24) is 4.72 Å². The van der Waals surface area contributed by atoms with Gasteiger partial charge in [0.05, 0.1) is 15.6 Å². The fourth-order valence-corrected chi connectivity index (χ4v) is 4.20. The number of rotatable bonds is 4. The van der Waals surface area contributed by atoms with E-state index in [4.69, 9.17) is 17.3 Å². The van der Waals surface area contributed by atoms with Gasteiger partial charge >= 0.3 is 0 Å². The number of hydrogen-bond acceptors (Lipinski definition) is 3. The molecule has 0 radical (unpaired) electrons. The minimum Gasteiger partial charge on any atom is -0.397 e. The van der Waals surface area contributed by atoms with Gasteiger partial charge in [-0.25, -0.2) is 13.1 Å². The van der Waals surface area contributed by atoms with Crippen molar-refractivity contribution in [3.63, 3.8) is 0 Å². The Hall–Kier alpha value is -0.780. The van der Waals surface area contributed by atoms with Crippen molar-refractivity contribution in [2.75, 3.05) is 5.73 Å². The summed E-state index contributed by atoms with van der Waals surface area (Å²) in [6, 6.07) is 3.00. The molecule has 0 aliphatic heterocycles. The Labute approximate surface area is 119 Å². The average molecular weight is 303 g/mol. The maximum atomic E-state index is 12.5. The number of hydrogen-bond donors (Lipinski definition) is 2. The van der Waals surface area contributed by atoms with Crippen molar-refractivity contribution in [2.45, 2.75) is 44.0 Å². The van der Waals surface area contributed by atoms with Gasteiger partial charge in [0.15, 0.2) is 0 Å². The lowest BCUT2D eigenvalue weighted by Gasteiger charge is -2.26. The second-order valence-corrected chi connectivity index (χ2v) is 7.80. The van der Waals surface area contributed by atoms with Crippen LogP contribution in [0.25, 0.3) is 0 Å². The summed E-state index contributed by atoms with van der Waals surface area (Å²) in [6.07, 6.45) is 2.13. The molecule has 0 unspecified atom stereocenters. The van der Waals surface area contributed by atoms with Crippen LogP contribution in [0, 0.1) is 12.8 Å². The SMILES string of the molecule is Cc1cc(Cl)c(N)cc1S(=O)(=O)NC(C)(C)C1CC1. The number of nitrogens with one attached hydrogen (secondary N) is 1. The fourth-order valence-electron chi connectivity index (χ4n) is 2.25. The molecule has 0 bridgehead atoms. The maximum absolute atomic E-state index is 12.5. The zero-order chi connectivity index (χ0) is 14.4. The molecule has 2 rings (SSSR count). The summed E-state index contributed by atoms with van der Waals surface area (Å²) >= 11 is 5.89. The Bertz CT molecular complexity index is 607. The molecule has 6 heteroatoms. The first kappa shape index (κ1) is 14.6. The largest absolute Gasteiger partial charge is 0.397 e. The summed E-state index contributed by atoms with van der Waals surface area (Å²) in [5.41, 5.74) is 6.14. The van der Waals surface area contributed by atoms with Crippen molar-refractivity contribution in [2.24, 2.45) is 5.92 Å². The van der Waals surface area contributed by atoms with Gasteiger partial charge in [-0.15, -0.1) is 0 Å². The molecule has 0 spiro atoms. The molecule has 0 atom stereocenters. The number of anilines is 1. The first-order chi connectivity index (χ1) is 8.63. The Morgan fingerprint density at radius 3 is 2.47 bits per heavy atom. The summed E-state index contributed by atoms with van der Waals surface area (Å²) < 4.78 is 27.7. The molecule has 4 nitrogen and oxygen atoms in total. The van der Waals surface area contributed by atoms with Crippen molar-refractivity contribution >= 4 is 27.3 Å². The molecule has 1 aliphatic carbocycles. The zero-order valence-electron chi connectivity index (χ0n) is 11.3. The minimum absolute atomic E-state index is 0.197. The highest BCUT2D eigenvalue weighted by Gasteiger charge is 2.40. The van der Waals surface area contributed by atoms with Gasteiger partial charge in [0.2, 0.25) is 10.0 Å². The third-order valence-corrected chi connectivity index (χ3v) is 5.72. The van der Waals surface area contributed by atoms with Crippen LogP contribution in [0.2, 0.25) is 5.02 Å². The molecule has 1 aromatic carbocycles. The van der Waals surface area contributed by atoms with Gasteiger partial charge < -0.3 is 5.73 Å². The molecular weight excluding hydrogens is 284 g/mol. The lowest BCUT2D eigenvalue weighted by Crippen LogP contribution is -2.45. The summed E-state index contributed by atoms with van der Waals surface area (Å²) in [5, 5.41) is 0.373. The number of halogens is 1. The zero-order valence-corrected chi connectivity index (χ0v) is 12.9. The van der Waals surface area contributed by atoms with Crippen LogP contribution < -0.4 is 10.5 Å². The van der Waals surface area contributed by atoms with Crippen LogP contribution in [-0.4, -0.2) is 14.0 Å². The van der Waals surface area contributed by atoms with Crippen LogP contribution in [0.15, 0.2) is 17.0 Å². The van der Waals surface area contributed by atoms with Crippen LogP contribution in [0.4, 0.5) is 5.69 Å². The monoisotopic (exact) mass is 302 g/mol. The van der Waals surface area contributed by atoms with E-state index in [1.165, 1.54) is 6.07 Å². The predicted octanol–water partition coefficient (Wildman–Crippen LogP) is 2.70. The van der Waals surface area contributed by atoms with Gasteiger partial charge in [-0.1, -0.05) is 11.6 Å². The van der Waals surface area contributed by atoms with E-state index in [1.54, 1.807) is 13.0 Å². The highest BCUT2D eigenvalue weighted by atomic mass is 35.5. The quantitative estimate of drug-likeness (QED) is 0.840. The highest BCUT2D eigenvalue weighted by molar-refractivity contribution is 7.89. The van der Waals surface area contributed by atoms with Gasteiger partial charge in [0.25, 0.3) is 0 Å². The topological polar surface area (TPSA) is 72.2 Å². The van der Waals surface area contributed by atoms with Gasteiger partial charge in [0, 0.05) is 5.54 Å². The molecule has 0 saturated heterocycles. The second kappa shape index (κ2) is 4.65. The standard InChI is InChI=1S/C13H19ClN2O2S/c1-8-6-10(14)11(15)7-12(8)19(17,18)16-13(2,3)9-4-5-9/h6-7,9,16H,4-5,15H2,1-3H3. The lowest BCUT2D eigenvalue weighted by molar-refractivity contribution is 0.400. The predicted molar refractivity (Wildman–Crippen MR) is 77.7 cm³/mol. The highest BCUT2D eigenvalue weighted by Crippen LogP contribution is 2.40. The van der Waals surface area contributed by atoms with Crippen molar-refractivity contribution in [3.8, 4) is 0 Å². The molecule has 0 aromatic heterocycles. The fraction of sp³-hybridized carbons (Fsp3) is 0.538. The van der Waals surface area contributed by atoms with E-state index in [2.05, 4.69) is 4.72 Å². The van der Waals surface area contributed by atoms with E-state index in [9.17, 15) is 8.42 Å². The van der Waals surface area contributed by atoms with E-state index < -0.39 is 15.6 Å². The maximum Gasteiger partial charge on any atom is 0.241 e. The molecule has 1 fully saturated rings. The Balaban J connectivity index is 2.37. The van der Waals surface area contributed by atoms with Gasteiger partial charge in [-0.3, -0.25) is 0 Å². The minimum atomic E-state index is -3.58. The van der Waals surface area contributed by atoms with Crippen LogP contribution in [0.1, 0.15) is 32.3 Å². The van der Waals surface area contributed by atoms with Crippen LogP contribution >= 0.6 is 11.6 Å². The van der Waals surface area contributed by atoms with Gasteiger partial charge in [-0.2, -0.15) is 0 Å². The van der Waals surface area contributed by atoms with Crippen molar-refractivity contribution in [3.05, 3.63) is 22.7 Å². The number of sulfonamides is 1. The molecular formula is C13H19ClN2O2S. The molecule has 106 valence electrons. The van der Waals surface area contributed by atoms with Crippen LogP contribution in [0.3, 0.4) is 0 Å².